The predicted molar refractivity (Wildman–Crippen MR) is 67.5 cm³/mol. The molecule has 0 aromatic carbocycles. The Kier molecular flexibility index (Phi) is 2.76. The van der Waals surface area contributed by atoms with Crippen LogP contribution in [0.2, 0.25) is 0 Å². The summed E-state index contributed by atoms with van der Waals surface area (Å²) < 4.78 is 6.67. The molecule has 0 unspecified atom stereocenters. The largest absolute Gasteiger partial charge is 0.464 e. The van der Waals surface area contributed by atoms with E-state index in [2.05, 4.69) is 5.10 Å². The molecule has 0 spiro atoms. The number of hydrogen-bond donors (Lipinski definition) is 1. The molecule has 5 heteroatoms. The van der Waals surface area contributed by atoms with E-state index in [9.17, 15) is 4.79 Å². The molecule has 1 aromatic rings. The smallest absolute Gasteiger partial charge is 0.358 e. The number of carbonyl (C=O) groups is 1. The van der Waals surface area contributed by atoms with Crippen molar-refractivity contribution in [2.24, 2.45) is 0 Å². The summed E-state index contributed by atoms with van der Waals surface area (Å²) in [6.07, 6.45) is 6.83. The van der Waals surface area contributed by atoms with Gasteiger partial charge in [0.2, 0.25) is 0 Å². The lowest BCUT2D eigenvalue weighted by Crippen LogP contribution is -2.08. The van der Waals surface area contributed by atoms with E-state index in [1.807, 2.05) is 4.68 Å². The Balaban J connectivity index is 2.04. The van der Waals surface area contributed by atoms with Crippen molar-refractivity contribution < 1.29 is 9.53 Å². The van der Waals surface area contributed by atoms with Crippen LogP contribution in [-0.2, 0) is 4.74 Å². The van der Waals surface area contributed by atoms with Crippen molar-refractivity contribution in [2.75, 3.05) is 12.8 Å². The number of nitrogen functional groups attached to an aromatic ring is 1. The van der Waals surface area contributed by atoms with Gasteiger partial charge in [-0.3, -0.25) is 0 Å². The molecule has 98 valence electrons. The number of carbonyl (C=O) groups excluding carboxylic acids is 1. The van der Waals surface area contributed by atoms with Gasteiger partial charge < -0.3 is 10.5 Å². The van der Waals surface area contributed by atoms with Gasteiger partial charge in [0.05, 0.1) is 13.2 Å². The maximum atomic E-state index is 11.8. The number of rotatable bonds is 3. The summed E-state index contributed by atoms with van der Waals surface area (Å²) >= 11 is 0. The molecule has 2 saturated carbocycles. The summed E-state index contributed by atoms with van der Waals surface area (Å²) in [7, 11) is 1.40. The van der Waals surface area contributed by atoms with Crippen molar-refractivity contribution in [1.82, 2.24) is 9.78 Å². The van der Waals surface area contributed by atoms with Crippen molar-refractivity contribution in [3.8, 4) is 0 Å². The fraction of sp³-hybridized carbons (Fsp3) is 0.692. The predicted octanol–water partition coefficient (Wildman–Crippen LogP) is 2.24. The number of hydrogen-bond acceptors (Lipinski definition) is 4. The van der Waals surface area contributed by atoms with E-state index in [1.165, 1.54) is 20.0 Å². The zero-order valence-electron chi connectivity index (χ0n) is 10.7. The highest BCUT2D eigenvalue weighted by Crippen LogP contribution is 2.43. The summed E-state index contributed by atoms with van der Waals surface area (Å²) in [6, 6.07) is 0.392. The standard InChI is InChI=1S/C13H19N3O2/c1-18-13(17)11-10(8-4-2-3-5-8)12(14)16(15-11)9-6-7-9/h8-9H,2-7,14H2,1H3. The Hall–Kier alpha value is -1.52. The van der Waals surface area contributed by atoms with E-state index >= 15 is 0 Å². The van der Waals surface area contributed by atoms with Gasteiger partial charge in [0.15, 0.2) is 5.69 Å². The average Bonchev–Trinajstić information content (AvgIpc) is 2.96. The molecule has 18 heavy (non-hydrogen) atoms. The molecule has 0 aliphatic heterocycles. The van der Waals surface area contributed by atoms with E-state index in [4.69, 9.17) is 10.5 Å². The number of nitrogens with zero attached hydrogens (tertiary/aromatic N) is 2. The lowest BCUT2D eigenvalue weighted by atomic mass is 9.97. The second-order valence-corrected chi connectivity index (χ2v) is 5.30. The molecular formula is C13H19N3O2. The van der Waals surface area contributed by atoms with Crippen molar-refractivity contribution >= 4 is 11.8 Å². The van der Waals surface area contributed by atoms with Gasteiger partial charge in [0.25, 0.3) is 0 Å². The Morgan fingerprint density at radius 3 is 2.56 bits per heavy atom. The summed E-state index contributed by atoms with van der Waals surface area (Å²) in [5, 5.41) is 4.40. The normalized spacial score (nSPS) is 20.3. The van der Waals surface area contributed by atoms with Crippen molar-refractivity contribution in [2.45, 2.75) is 50.5 Å². The fourth-order valence-electron chi connectivity index (χ4n) is 2.92. The van der Waals surface area contributed by atoms with Crippen LogP contribution in [0.15, 0.2) is 0 Å². The summed E-state index contributed by atoms with van der Waals surface area (Å²) in [5.74, 6) is 0.708. The van der Waals surface area contributed by atoms with E-state index in [0.717, 1.165) is 31.2 Å². The van der Waals surface area contributed by atoms with Crippen LogP contribution in [0, 0.1) is 0 Å². The summed E-state index contributed by atoms with van der Waals surface area (Å²) in [6.45, 7) is 0. The second-order valence-electron chi connectivity index (χ2n) is 5.30. The highest BCUT2D eigenvalue weighted by atomic mass is 16.5. The van der Waals surface area contributed by atoms with Gasteiger partial charge in [0.1, 0.15) is 5.82 Å². The molecule has 1 heterocycles. The number of ether oxygens (including phenoxy) is 1. The quantitative estimate of drug-likeness (QED) is 0.834. The van der Waals surface area contributed by atoms with Crippen LogP contribution in [0.5, 0.6) is 0 Å². The first-order chi connectivity index (χ1) is 8.72. The van der Waals surface area contributed by atoms with E-state index < -0.39 is 0 Å². The molecule has 3 rings (SSSR count). The van der Waals surface area contributed by atoms with Crippen LogP contribution in [-0.4, -0.2) is 22.9 Å². The zero-order valence-corrected chi connectivity index (χ0v) is 10.7. The first-order valence-corrected chi connectivity index (χ1v) is 6.68. The molecule has 1 aromatic heterocycles. The molecule has 0 bridgehead atoms. The third kappa shape index (κ3) is 1.78. The molecule has 0 radical (unpaired) electrons. The number of aromatic nitrogens is 2. The van der Waals surface area contributed by atoms with Crippen molar-refractivity contribution in [3.63, 3.8) is 0 Å². The molecule has 5 nitrogen and oxygen atoms in total. The number of nitrogens with two attached hydrogens (primary N) is 1. The first-order valence-electron chi connectivity index (χ1n) is 6.68. The molecule has 0 atom stereocenters. The molecule has 0 saturated heterocycles. The minimum Gasteiger partial charge on any atom is -0.464 e. The highest BCUT2D eigenvalue weighted by Gasteiger charge is 2.34. The van der Waals surface area contributed by atoms with Crippen molar-refractivity contribution in [3.05, 3.63) is 11.3 Å². The molecule has 2 aliphatic carbocycles. The Labute approximate surface area is 106 Å². The van der Waals surface area contributed by atoms with Crippen LogP contribution in [0.25, 0.3) is 0 Å². The molecular weight excluding hydrogens is 230 g/mol. The van der Waals surface area contributed by atoms with Crippen LogP contribution in [0.3, 0.4) is 0 Å². The Bertz CT molecular complexity index is 471. The zero-order chi connectivity index (χ0) is 12.7. The third-order valence-corrected chi connectivity index (χ3v) is 4.02. The highest BCUT2D eigenvalue weighted by molar-refractivity contribution is 5.90. The molecule has 0 amide bonds. The van der Waals surface area contributed by atoms with Crippen LogP contribution < -0.4 is 5.73 Å². The van der Waals surface area contributed by atoms with E-state index in [1.54, 1.807) is 0 Å². The summed E-state index contributed by atoms with van der Waals surface area (Å²) in [5.41, 5.74) is 7.59. The van der Waals surface area contributed by atoms with E-state index in [-0.39, 0.29) is 5.97 Å². The monoisotopic (exact) mass is 249 g/mol. The Morgan fingerprint density at radius 1 is 1.33 bits per heavy atom. The van der Waals surface area contributed by atoms with Gasteiger partial charge in [-0.05, 0) is 31.6 Å². The minimum absolute atomic E-state index is 0.358. The third-order valence-electron chi connectivity index (χ3n) is 4.02. The number of anilines is 1. The number of esters is 1. The second kappa shape index (κ2) is 4.30. The number of methoxy groups -OCH3 is 1. The first kappa shape index (κ1) is 11.6. The topological polar surface area (TPSA) is 70.1 Å². The van der Waals surface area contributed by atoms with Crippen LogP contribution in [0.1, 0.15) is 66.5 Å². The average molecular weight is 249 g/mol. The maximum Gasteiger partial charge on any atom is 0.358 e. The van der Waals surface area contributed by atoms with Gasteiger partial charge in [-0.1, -0.05) is 12.8 Å². The van der Waals surface area contributed by atoms with Crippen molar-refractivity contribution in [1.29, 1.82) is 0 Å². The summed E-state index contributed by atoms with van der Waals surface area (Å²) in [4.78, 5) is 11.8. The lowest BCUT2D eigenvalue weighted by molar-refractivity contribution is 0.0591. The Morgan fingerprint density at radius 2 is 2.00 bits per heavy atom. The maximum absolute atomic E-state index is 11.8. The minimum atomic E-state index is -0.358. The van der Waals surface area contributed by atoms with Gasteiger partial charge in [-0.25, -0.2) is 9.48 Å². The van der Waals surface area contributed by atoms with Gasteiger partial charge in [0, 0.05) is 5.56 Å². The van der Waals surface area contributed by atoms with Gasteiger partial charge in [-0.2, -0.15) is 5.10 Å². The van der Waals surface area contributed by atoms with Crippen LogP contribution >= 0.6 is 0 Å². The SMILES string of the molecule is COC(=O)c1nn(C2CC2)c(N)c1C1CCCC1. The molecule has 2 N–H and O–H groups in total. The molecule has 2 aliphatic rings. The van der Waals surface area contributed by atoms with E-state index in [0.29, 0.717) is 23.5 Å². The fourth-order valence-corrected chi connectivity index (χ4v) is 2.92. The van der Waals surface area contributed by atoms with Crippen LogP contribution in [0.4, 0.5) is 5.82 Å². The molecule has 2 fully saturated rings. The van der Waals surface area contributed by atoms with Gasteiger partial charge in [-0.15, -0.1) is 0 Å². The van der Waals surface area contributed by atoms with Gasteiger partial charge >= 0.3 is 5.97 Å². The lowest BCUT2D eigenvalue weighted by Gasteiger charge is -2.10.